The largest absolute Gasteiger partial charge is 0.495 e. The number of methoxy groups -OCH3 is 2. The van der Waals surface area contributed by atoms with E-state index in [1.807, 2.05) is 18.2 Å². The van der Waals surface area contributed by atoms with Gasteiger partial charge in [-0.05, 0) is 48.3 Å². The van der Waals surface area contributed by atoms with Crippen LogP contribution in [-0.4, -0.2) is 30.1 Å². The van der Waals surface area contributed by atoms with E-state index in [2.05, 4.69) is 66.2 Å². The number of benzene rings is 2. The van der Waals surface area contributed by atoms with Crippen LogP contribution in [0.2, 0.25) is 0 Å². The summed E-state index contributed by atoms with van der Waals surface area (Å²) in [6.45, 7) is 9.96. The molecule has 0 saturated heterocycles. The second kappa shape index (κ2) is 11.8. The quantitative estimate of drug-likeness (QED) is 0.258. The highest BCUT2D eigenvalue weighted by atomic mass is 16.5. The van der Waals surface area contributed by atoms with Crippen LogP contribution in [0, 0.1) is 5.92 Å². The molecule has 0 spiro atoms. The minimum atomic E-state index is -0.340. The number of rotatable bonds is 10. The van der Waals surface area contributed by atoms with Crippen molar-refractivity contribution in [2.75, 3.05) is 24.9 Å². The number of ether oxygens (including phenoxy) is 2. The molecule has 0 fully saturated rings. The fourth-order valence-electron chi connectivity index (χ4n) is 3.43. The van der Waals surface area contributed by atoms with Crippen LogP contribution in [0.4, 0.5) is 17.2 Å². The molecule has 0 aliphatic rings. The lowest BCUT2D eigenvalue weighted by molar-refractivity contribution is -0.111. The lowest BCUT2D eigenvalue weighted by atomic mass is 10.0. The van der Waals surface area contributed by atoms with E-state index in [-0.39, 0.29) is 5.91 Å². The van der Waals surface area contributed by atoms with Crippen LogP contribution in [0.3, 0.4) is 0 Å². The molecule has 0 radical (unpaired) electrons. The maximum Gasteiger partial charge on any atom is 0.247 e. The first kappa shape index (κ1) is 25.5. The summed E-state index contributed by atoms with van der Waals surface area (Å²) < 4.78 is 11.0. The molecular formula is C28H32N4O3. The molecule has 7 heteroatoms. The number of amides is 1. The van der Waals surface area contributed by atoms with Gasteiger partial charge in [-0.25, -0.2) is 9.97 Å². The van der Waals surface area contributed by atoms with E-state index in [9.17, 15) is 4.79 Å². The molecule has 1 aromatic heterocycles. The number of nitrogens with zero attached hydrogens (tertiary/aromatic N) is 2. The molecule has 2 N–H and O–H groups in total. The zero-order valence-corrected chi connectivity index (χ0v) is 20.9. The van der Waals surface area contributed by atoms with Gasteiger partial charge in [-0.3, -0.25) is 4.79 Å². The molecule has 3 aromatic rings. The number of aromatic nitrogens is 2. The summed E-state index contributed by atoms with van der Waals surface area (Å²) >= 11 is 0. The fourth-order valence-corrected chi connectivity index (χ4v) is 3.43. The monoisotopic (exact) mass is 472 g/mol. The van der Waals surface area contributed by atoms with Crippen molar-refractivity contribution in [3.8, 4) is 11.5 Å². The Bertz CT molecular complexity index is 1280. The number of fused-ring (bicyclic) bond motifs is 1. The van der Waals surface area contributed by atoms with Gasteiger partial charge in [0.25, 0.3) is 0 Å². The number of carbonyl (C=O) groups excluding carboxylic acids is 1. The Balaban J connectivity index is 2.02. The normalized spacial score (nSPS) is 12.4. The molecule has 0 aliphatic carbocycles. The number of hydrogen-bond donors (Lipinski definition) is 2. The summed E-state index contributed by atoms with van der Waals surface area (Å²) in [5.41, 5.74) is 4.10. The van der Waals surface area contributed by atoms with Crippen LogP contribution >= 0.6 is 0 Å². The second-order valence-electron chi connectivity index (χ2n) is 8.15. The molecule has 1 amide bonds. The van der Waals surface area contributed by atoms with Gasteiger partial charge < -0.3 is 20.1 Å². The van der Waals surface area contributed by atoms with Crippen LogP contribution in [0.15, 0.2) is 67.5 Å². The molecule has 1 atom stereocenters. The molecular weight excluding hydrogens is 440 g/mol. The Labute approximate surface area is 206 Å². The molecule has 1 unspecified atom stereocenters. The number of nitrogens with one attached hydrogen (secondary N) is 2. The van der Waals surface area contributed by atoms with E-state index in [0.717, 1.165) is 23.2 Å². The average molecular weight is 473 g/mol. The van der Waals surface area contributed by atoms with Gasteiger partial charge >= 0.3 is 0 Å². The van der Waals surface area contributed by atoms with E-state index in [4.69, 9.17) is 9.47 Å². The first-order valence-corrected chi connectivity index (χ1v) is 11.5. The van der Waals surface area contributed by atoms with Gasteiger partial charge in [0.2, 0.25) is 5.91 Å². The van der Waals surface area contributed by atoms with Gasteiger partial charge in [0.05, 0.1) is 31.1 Å². The van der Waals surface area contributed by atoms with E-state index in [0.29, 0.717) is 39.8 Å². The summed E-state index contributed by atoms with van der Waals surface area (Å²) in [5.74, 6) is 1.94. The van der Waals surface area contributed by atoms with Crippen molar-refractivity contribution in [3.05, 3.63) is 73.1 Å². The van der Waals surface area contributed by atoms with Gasteiger partial charge in [-0.2, -0.15) is 0 Å². The van der Waals surface area contributed by atoms with Crippen LogP contribution in [0.5, 0.6) is 11.5 Å². The Kier molecular flexibility index (Phi) is 8.62. The molecule has 0 bridgehead atoms. The number of allylic oxidation sites excluding steroid dienone is 4. The van der Waals surface area contributed by atoms with E-state index < -0.39 is 0 Å². The third-order valence-electron chi connectivity index (χ3n) is 5.74. The van der Waals surface area contributed by atoms with Gasteiger partial charge in [-0.15, -0.1) is 0 Å². The molecule has 2 aromatic carbocycles. The maximum absolute atomic E-state index is 11.9. The van der Waals surface area contributed by atoms with Gasteiger partial charge in [0, 0.05) is 11.5 Å². The molecule has 7 nitrogen and oxygen atoms in total. The zero-order chi connectivity index (χ0) is 25.4. The van der Waals surface area contributed by atoms with Crippen LogP contribution < -0.4 is 20.1 Å². The van der Waals surface area contributed by atoms with Crippen LogP contribution in [0.1, 0.15) is 32.8 Å². The smallest absolute Gasteiger partial charge is 0.247 e. The van der Waals surface area contributed by atoms with Crippen molar-refractivity contribution in [3.63, 3.8) is 0 Å². The van der Waals surface area contributed by atoms with Crippen molar-refractivity contribution in [2.24, 2.45) is 5.92 Å². The SMILES string of the molecule is C=CC(=O)Nc1cc2c(Nc3cc(/C(C)=C/C=C\C(C)CC)ccc3OC)ncnc2cc1OC. The highest BCUT2D eigenvalue weighted by molar-refractivity contribution is 6.03. The van der Waals surface area contributed by atoms with Gasteiger partial charge in [0.15, 0.2) is 0 Å². The summed E-state index contributed by atoms with van der Waals surface area (Å²) in [6, 6.07) is 9.51. The Morgan fingerprint density at radius 2 is 1.89 bits per heavy atom. The molecule has 0 saturated carbocycles. The van der Waals surface area contributed by atoms with Crippen LogP contribution in [0.25, 0.3) is 16.5 Å². The third kappa shape index (κ3) is 6.26. The van der Waals surface area contributed by atoms with E-state index in [1.54, 1.807) is 19.2 Å². The minimum absolute atomic E-state index is 0.340. The van der Waals surface area contributed by atoms with Crippen molar-refractivity contribution in [2.45, 2.75) is 27.2 Å². The minimum Gasteiger partial charge on any atom is -0.495 e. The molecule has 1 heterocycles. The summed E-state index contributed by atoms with van der Waals surface area (Å²) in [4.78, 5) is 20.7. The lowest BCUT2D eigenvalue weighted by Gasteiger charge is -2.15. The molecule has 35 heavy (non-hydrogen) atoms. The van der Waals surface area contributed by atoms with Crippen molar-refractivity contribution >= 4 is 39.6 Å². The van der Waals surface area contributed by atoms with Crippen molar-refractivity contribution in [1.82, 2.24) is 9.97 Å². The maximum atomic E-state index is 11.9. The first-order valence-electron chi connectivity index (χ1n) is 11.5. The molecule has 182 valence electrons. The third-order valence-corrected chi connectivity index (χ3v) is 5.74. The zero-order valence-electron chi connectivity index (χ0n) is 20.9. The number of hydrogen-bond acceptors (Lipinski definition) is 6. The highest BCUT2D eigenvalue weighted by Gasteiger charge is 2.14. The highest BCUT2D eigenvalue weighted by Crippen LogP contribution is 2.36. The second-order valence-corrected chi connectivity index (χ2v) is 8.15. The van der Waals surface area contributed by atoms with E-state index in [1.165, 1.54) is 19.5 Å². The van der Waals surface area contributed by atoms with E-state index >= 15 is 0 Å². The topological polar surface area (TPSA) is 85.4 Å². The first-order chi connectivity index (χ1) is 16.9. The Morgan fingerprint density at radius 3 is 2.57 bits per heavy atom. The standard InChI is InChI=1S/C28H32N4O3/c1-7-18(3)10-9-11-19(4)20-12-13-25(34-5)23(14-20)32-28-21-15-24(31-27(33)8-2)26(35-6)16-22(21)29-17-30-28/h8-18H,2,7H2,1,3-6H3,(H,31,33)(H,29,30,32)/b10-9-,19-11+. The predicted molar refractivity (Wildman–Crippen MR) is 143 cm³/mol. The van der Waals surface area contributed by atoms with Gasteiger partial charge in [-0.1, -0.05) is 51.1 Å². The fraction of sp³-hybridized carbons (Fsp3) is 0.250. The molecule has 3 rings (SSSR count). The van der Waals surface area contributed by atoms with Crippen molar-refractivity contribution in [1.29, 1.82) is 0 Å². The lowest BCUT2D eigenvalue weighted by Crippen LogP contribution is -2.09. The summed E-state index contributed by atoms with van der Waals surface area (Å²) in [7, 11) is 3.17. The summed E-state index contributed by atoms with van der Waals surface area (Å²) in [5, 5.41) is 6.86. The van der Waals surface area contributed by atoms with Crippen LogP contribution in [-0.2, 0) is 4.79 Å². The summed E-state index contributed by atoms with van der Waals surface area (Å²) in [6.07, 6.45) is 10.2. The Hall–Kier alpha value is -4.13. The number of carbonyl (C=O) groups is 1. The van der Waals surface area contributed by atoms with Gasteiger partial charge in [0.1, 0.15) is 23.6 Å². The van der Waals surface area contributed by atoms with Crippen molar-refractivity contribution < 1.29 is 14.3 Å². The Morgan fingerprint density at radius 1 is 1.11 bits per heavy atom. The average Bonchev–Trinajstić information content (AvgIpc) is 2.88. The number of anilines is 3. The molecule has 0 aliphatic heterocycles. The predicted octanol–water partition coefficient (Wildman–Crippen LogP) is 6.52.